The van der Waals surface area contributed by atoms with E-state index in [1.54, 1.807) is 12.1 Å². The molecule has 0 aliphatic heterocycles. The highest BCUT2D eigenvalue weighted by atomic mass is 16.4. The van der Waals surface area contributed by atoms with Crippen molar-refractivity contribution in [3.8, 4) is 0 Å². The molecule has 0 bridgehead atoms. The monoisotopic (exact) mass is 168 g/mol. The van der Waals surface area contributed by atoms with Gasteiger partial charge in [0.1, 0.15) is 7.85 Å². The molecule has 64 valence electrons. The van der Waals surface area contributed by atoms with E-state index < -0.39 is 5.97 Å². The molecule has 1 aromatic rings. The van der Waals surface area contributed by atoms with Crippen molar-refractivity contribution in [1.29, 1.82) is 0 Å². The van der Waals surface area contributed by atoms with E-state index in [1.165, 1.54) is 12.1 Å². The first-order chi connectivity index (χ1) is 4.70. The zero-order valence-electron chi connectivity index (χ0n) is 6.24. The summed E-state index contributed by atoms with van der Waals surface area (Å²) in [4.78, 5) is 10.3. The predicted molar refractivity (Wildman–Crippen MR) is 46.0 cm³/mol. The highest BCUT2D eigenvalue weighted by molar-refractivity contribution is 6.32. The summed E-state index contributed by atoms with van der Waals surface area (Å²) in [5.41, 5.74) is 0.694. The second kappa shape index (κ2) is 5.34. The predicted octanol–water partition coefficient (Wildman–Crippen LogP) is -1.47. The Morgan fingerprint density at radius 2 is 1.92 bits per heavy atom. The molecule has 5 N–H and O–H groups in total. The van der Waals surface area contributed by atoms with Crippen LogP contribution in [0.15, 0.2) is 24.3 Å². The summed E-state index contributed by atoms with van der Waals surface area (Å²) in [6, 6.07) is 6.17. The molecule has 0 atom stereocenters. The Labute approximate surface area is 70.9 Å². The van der Waals surface area contributed by atoms with E-state index in [0.29, 0.717) is 5.46 Å². The van der Waals surface area contributed by atoms with Crippen LogP contribution in [0.5, 0.6) is 0 Å². The van der Waals surface area contributed by atoms with Gasteiger partial charge in [-0.15, -0.1) is 0 Å². The molecule has 0 amide bonds. The van der Waals surface area contributed by atoms with Crippen molar-refractivity contribution < 1.29 is 20.9 Å². The topological polar surface area (TPSA) is 100 Å². The first-order valence-corrected chi connectivity index (χ1v) is 2.79. The summed E-state index contributed by atoms with van der Waals surface area (Å²) in [6.45, 7) is 0. The minimum Gasteiger partial charge on any atom is -0.478 e. The molecular formula is C7H9BO4. The first-order valence-electron chi connectivity index (χ1n) is 2.79. The molecule has 12 heavy (non-hydrogen) atoms. The van der Waals surface area contributed by atoms with Gasteiger partial charge in [-0.2, -0.15) is 0 Å². The van der Waals surface area contributed by atoms with Crippen LogP contribution in [0.25, 0.3) is 0 Å². The number of carboxylic acid groups (broad SMARTS) is 1. The van der Waals surface area contributed by atoms with Crippen molar-refractivity contribution in [2.45, 2.75) is 0 Å². The molecule has 0 saturated carbocycles. The number of hydrogen-bond donors (Lipinski definition) is 1. The average Bonchev–Trinajstić information content (AvgIpc) is 1.88. The van der Waals surface area contributed by atoms with Gasteiger partial charge in [0.2, 0.25) is 0 Å². The molecule has 0 spiro atoms. The Kier molecular flexibility index (Phi) is 5.91. The molecule has 0 saturated heterocycles. The normalized spacial score (nSPS) is 7.67. The second-order valence-corrected chi connectivity index (χ2v) is 1.93. The standard InChI is InChI=1S/C7H5BO2.2H2O/c8-6-3-1-2-5(4-6)7(9)10;;/h1-4H,(H,9,10);2*1H2. The molecule has 0 aliphatic carbocycles. The smallest absolute Gasteiger partial charge is 0.335 e. The Hall–Kier alpha value is -1.33. The molecule has 0 aromatic heterocycles. The van der Waals surface area contributed by atoms with Crippen molar-refractivity contribution in [3.63, 3.8) is 0 Å². The van der Waals surface area contributed by atoms with Crippen LogP contribution in [0.3, 0.4) is 0 Å². The lowest BCUT2D eigenvalue weighted by Crippen LogP contribution is -2.05. The highest BCUT2D eigenvalue weighted by Gasteiger charge is 1.99. The van der Waals surface area contributed by atoms with E-state index >= 15 is 0 Å². The zero-order valence-corrected chi connectivity index (χ0v) is 6.24. The minimum absolute atomic E-state index is 0. The van der Waals surface area contributed by atoms with E-state index in [4.69, 9.17) is 13.0 Å². The number of hydrogen-bond acceptors (Lipinski definition) is 1. The largest absolute Gasteiger partial charge is 0.478 e. The first kappa shape index (κ1) is 13.3. The van der Waals surface area contributed by atoms with Crippen LogP contribution < -0.4 is 5.46 Å². The maximum absolute atomic E-state index is 10.3. The van der Waals surface area contributed by atoms with Gasteiger partial charge >= 0.3 is 5.97 Å². The fourth-order valence-electron chi connectivity index (χ4n) is 0.672. The Morgan fingerprint density at radius 3 is 2.25 bits per heavy atom. The molecule has 4 nitrogen and oxygen atoms in total. The summed E-state index contributed by atoms with van der Waals surface area (Å²) in [5, 5.41) is 8.45. The van der Waals surface area contributed by atoms with Crippen LogP contribution in [-0.4, -0.2) is 29.9 Å². The number of benzene rings is 1. The van der Waals surface area contributed by atoms with Gasteiger partial charge in [0.25, 0.3) is 0 Å². The number of carboxylic acids is 1. The maximum atomic E-state index is 10.3. The van der Waals surface area contributed by atoms with Crippen molar-refractivity contribution in [1.82, 2.24) is 0 Å². The highest BCUT2D eigenvalue weighted by Crippen LogP contribution is 1.94. The number of rotatable bonds is 1. The summed E-state index contributed by atoms with van der Waals surface area (Å²) in [5.74, 6) is -0.952. The average molecular weight is 168 g/mol. The van der Waals surface area contributed by atoms with Gasteiger partial charge in [0.15, 0.2) is 0 Å². The van der Waals surface area contributed by atoms with E-state index in [-0.39, 0.29) is 16.5 Å². The quantitative estimate of drug-likeness (QED) is 0.517. The third-order valence-corrected chi connectivity index (χ3v) is 1.13. The zero-order chi connectivity index (χ0) is 7.56. The third-order valence-electron chi connectivity index (χ3n) is 1.13. The van der Waals surface area contributed by atoms with Gasteiger partial charge in [-0.3, -0.25) is 0 Å². The van der Waals surface area contributed by atoms with Crippen LogP contribution in [-0.2, 0) is 0 Å². The Morgan fingerprint density at radius 1 is 1.33 bits per heavy atom. The van der Waals surface area contributed by atoms with Crippen LogP contribution in [0.4, 0.5) is 0 Å². The minimum atomic E-state index is -0.952. The maximum Gasteiger partial charge on any atom is 0.335 e. The third kappa shape index (κ3) is 3.18. The summed E-state index contributed by atoms with van der Waals surface area (Å²) in [6.07, 6.45) is 0. The molecular weight excluding hydrogens is 159 g/mol. The molecule has 2 radical (unpaired) electrons. The Balaban J connectivity index is 0. The van der Waals surface area contributed by atoms with E-state index in [1.807, 2.05) is 0 Å². The molecule has 0 fully saturated rings. The fraction of sp³-hybridized carbons (Fsp3) is 0. The number of carbonyl (C=O) groups is 1. The molecule has 0 aliphatic rings. The van der Waals surface area contributed by atoms with Crippen molar-refractivity contribution in [3.05, 3.63) is 29.8 Å². The molecule has 5 heteroatoms. The lowest BCUT2D eigenvalue weighted by molar-refractivity contribution is 0.0697. The molecule has 0 heterocycles. The lowest BCUT2D eigenvalue weighted by Gasteiger charge is -1.93. The van der Waals surface area contributed by atoms with Crippen LogP contribution in [0.1, 0.15) is 10.4 Å². The van der Waals surface area contributed by atoms with Gasteiger partial charge < -0.3 is 16.1 Å². The van der Waals surface area contributed by atoms with Crippen LogP contribution >= 0.6 is 0 Å². The second-order valence-electron chi connectivity index (χ2n) is 1.93. The van der Waals surface area contributed by atoms with Gasteiger partial charge in [-0.1, -0.05) is 23.7 Å². The summed E-state index contributed by atoms with van der Waals surface area (Å²) < 4.78 is 0. The van der Waals surface area contributed by atoms with E-state index in [0.717, 1.165) is 0 Å². The van der Waals surface area contributed by atoms with Crippen molar-refractivity contribution >= 4 is 19.3 Å². The van der Waals surface area contributed by atoms with Crippen LogP contribution in [0, 0.1) is 0 Å². The van der Waals surface area contributed by atoms with Gasteiger partial charge in [-0.25, -0.2) is 4.79 Å². The van der Waals surface area contributed by atoms with Gasteiger partial charge in [0, 0.05) is 0 Å². The van der Waals surface area contributed by atoms with Crippen molar-refractivity contribution in [2.24, 2.45) is 0 Å². The molecule has 1 rings (SSSR count). The lowest BCUT2D eigenvalue weighted by atomic mass is 9.95. The molecule has 0 unspecified atom stereocenters. The summed E-state index contributed by atoms with van der Waals surface area (Å²) >= 11 is 0. The SMILES string of the molecule is O.O.[B]c1cccc(C(=O)O)c1. The Bertz CT molecular complexity index is 261. The van der Waals surface area contributed by atoms with Gasteiger partial charge in [0.05, 0.1) is 5.56 Å². The fourth-order valence-corrected chi connectivity index (χ4v) is 0.672. The van der Waals surface area contributed by atoms with Gasteiger partial charge in [-0.05, 0) is 6.07 Å². The van der Waals surface area contributed by atoms with Crippen molar-refractivity contribution in [2.75, 3.05) is 0 Å². The van der Waals surface area contributed by atoms with E-state index in [2.05, 4.69) is 0 Å². The van der Waals surface area contributed by atoms with E-state index in [9.17, 15) is 4.79 Å². The molecule has 1 aromatic carbocycles. The summed E-state index contributed by atoms with van der Waals surface area (Å²) in [7, 11) is 5.33. The van der Waals surface area contributed by atoms with Crippen LogP contribution in [0.2, 0.25) is 0 Å². The number of aromatic carboxylic acids is 1.